The third-order valence-corrected chi connectivity index (χ3v) is 4.16. The molecule has 1 aromatic heterocycles. The van der Waals surface area contributed by atoms with Crippen LogP contribution in [0.25, 0.3) is 0 Å². The van der Waals surface area contributed by atoms with Crippen LogP contribution in [0, 0.1) is 19.7 Å². The lowest BCUT2D eigenvalue weighted by atomic mass is 10.2. The van der Waals surface area contributed by atoms with E-state index < -0.39 is 0 Å². The molecule has 1 aromatic carbocycles. The van der Waals surface area contributed by atoms with E-state index in [0.29, 0.717) is 25.4 Å². The van der Waals surface area contributed by atoms with E-state index in [-0.39, 0.29) is 29.8 Å². The minimum absolute atomic E-state index is 0. The van der Waals surface area contributed by atoms with Gasteiger partial charge in [0.2, 0.25) is 0 Å². The van der Waals surface area contributed by atoms with Crippen LogP contribution in [0.15, 0.2) is 29.3 Å². The van der Waals surface area contributed by atoms with Gasteiger partial charge in [0, 0.05) is 38.9 Å². The molecule has 0 spiro atoms. The zero-order valence-electron chi connectivity index (χ0n) is 15.9. The molecule has 0 saturated heterocycles. The largest absolute Gasteiger partial charge is 0.492 e. The van der Waals surface area contributed by atoms with Crippen LogP contribution in [0.3, 0.4) is 0 Å². The molecule has 26 heavy (non-hydrogen) atoms. The molecule has 0 atom stereocenters. The van der Waals surface area contributed by atoms with Crippen LogP contribution in [0.1, 0.15) is 17.0 Å². The Bertz CT molecular complexity index is 730. The van der Waals surface area contributed by atoms with Gasteiger partial charge in [-0.25, -0.2) is 4.39 Å². The Morgan fingerprint density at radius 1 is 1.31 bits per heavy atom. The van der Waals surface area contributed by atoms with Gasteiger partial charge in [0.05, 0.1) is 12.2 Å². The zero-order valence-corrected chi connectivity index (χ0v) is 18.2. The van der Waals surface area contributed by atoms with Crippen molar-refractivity contribution in [3.63, 3.8) is 0 Å². The molecular weight excluding hydrogens is 448 g/mol. The van der Waals surface area contributed by atoms with Gasteiger partial charge < -0.3 is 15.0 Å². The van der Waals surface area contributed by atoms with Crippen LogP contribution in [-0.4, -0.2) is 47.9 Å². The molecule has 8 heteroatoms. The number of guanidine groups is 1. The Morgan fingerprint density at radius 2 is 1.96 bits per heavy atom. The molecule has 2 aromatic rings. The maximum atomic E-state index is 12.9. The van der Waals surface area contributed by atoms with E-state index in [1.807, 2.05) is 30.6 Å². The van der Waals surface area contributed by atoms with Gasteiger partial charge in [0.1, 0.15) is 18.2 Å². The summed E-state index contributed by atoms with van der Waals surface area (Å²) < 4.78 is 20.4. The maximum Gasteiger partial charge on any atom is 0.193 e. The summed E-state index contributed by atoms with van der Waals surface area (Å²) in [6.07, 6.45) is 0. The molecule has 0 radical (unpaired) electrons. The van der Waals surface area contributed by atoms with Gasteiger partial charge in [-0.05, 0) is 38.1 Å². The standard InChI is InChI=1S/C18H26FN5O.HI/c1-13-17(14(2)24(5)22-13)12-21-18(20-3)23(4)10-11-25-16-8-6-15(19)7-9-16;/h6-9H,10-12H2,1-5H3,(H,20,21);1H. The minimum Gasteiger partial charge on any atom is -0.492 e. The van der Waals surface area contributed by atoms with Gasteiger partial charge in [0.15, 0.2) is 5.96 Å². The molecular formula is C18H27FIN5O. The van der Waals surface area contributed by atoms with Gasteiger partial charge in [-0.15, -0.1) is 24.0 Å². The average Bonchev–Trinajstić information content (AvgIpc) is 2.83. The second-order valence-electron chi connectivity index (χ2n) is 5.90. The van der Waals surface area contributed by atoms with Gasteiger partial charge in [-0.3, -0.25) is 9.67 Å². The summed E-state index contributed by atoms with van der Waals surface area (Å²) in [5, 5.41) is 7.78. The Balaban J connectivity index is 0.00000338. The molecule has 2 rings (SSSR count). The van der Waals surface area contributed by atoms with Crippen LogP contribution in [0.2, 0.25) is 0 Å². The van der Waals surface area contributed by atoms with Crippen LogP contribution < -0.4 is 10.1 Å². The third kappa shape index (κ3) is 5.86. The highest BCUT2D eigenvalue weighted by Gasteiger charge is 2.11. The second-order valence-corrected chi connectivity index (χ2v) is 5.90. The third-order valence-electron chi connectivity index (χ3n) is 4.16. The van der Waals surface area contributed by atoms with Crippen molar-refractivity contribution < 1.29 is 9.13 Å². The first-order valence-corrected chi connectivity index (χ1v) is 8.21. The fraction of sp³-hybridized carbons (Fsp3) is 0.444. The second kappa shape index (κ2) is 10.3. The molecule has 1 N–H and O–H groups in total. The summed E-state index contributed by atoms with van der Waals surface area (Å²) in [5.41, 5.74) is 3.34. The minimum atomic E-state index is -0.268. The average molecular weight is 475 g/mol. The SMILES string of the molecule is CN=C(NCc1c(C)nn(C)c1C)N(C)CCOc1ccc(F)cc1.I. The van der Waals surface area contributed by atoms with Gasteiger partial charge in [-0.2, -0.15) is 5.10 Å². The molecule has 1 heterocycles. The molecule has 6 nitrogen and oxygen atoms in total. The Labute approximate surface area is 171 Å². The molecule has 0 unspecified atom stereocenters. The Hall–Kier alpha value is -1.84. The van der Waals surface area contributed by atoms with Crippen molar-refractivity contribution in [1.29, 1.82) is 0 Å². The van der Waals surface area contributed by atoms with Crippen molar-refractivity contribution >= 4 is 29.9 Å². The normalized spacial score (nSPS) is 11.1. The summed E-state index contributed by atoms with van der Waals surface area (Å²) in [6, 6.07) is 6.02. The van der Waals surface area contributed by atoms with Crippen molar-refractivity contribution in [2.45, 2.75) is 20.4 Å². The number of benzene rings is 1. The number of nitrogens with zero attached hydrogens (tertiary/aromatic N) is 4. The van der Waals surface area contributed by atoms with E-state index in [0.717, 1.165) is 17.3 Å². The van der Waals surface area contributed by atoms with Crippen molar-refractivity contribution in [3.05, 3.63) is 47.0 Å². The number of hydrogen-bond acceptors (Lipinski definition) is 3. The predicted molar refractivity (Wildman–Crippen MR) is 113 cm³/mol. The molecule has 0 bridgehead atoms. The summed E-state index contributed by atoms with van der Waals surface area (Å²) in [6.45, 7) is 5.87. The topological polar surface area (TPSA) is 54.7 Å². The van der Waals surface area contributed by atoms with E-state index in [1.165, 1.54) is 17.7 Å². The fourth-order valence-corrected chi connectivity index (χ4v) is 2.56. The van der Waals surface area contributed by atoms with Crippen molar-refractivity contribution in [2.75, 3.05) is 27.2 Å². The molecule has 0 aliphatic carbocycles. The smallest absolute Gasteiger partial charge is 0.193 e. The van der Waals surface area contributed by atoms with Crippen molar-refractivity contribution in [1.82, 2.24) is 20.0 Å². The molecule has 0 aliphatic rings. The number of rotatable bonds is 6. The number of halogens is 2. The highest BCUT2D eigenvalue weighted by atomic mass is 127. The number of hydrogen-bond donors (Lipinski definition) is 1. The highest BCUT2D eigenvalue weighted by Crippen LogP contribution is 2.12. The van der Waals surface area contributed by atoms with E-state index in [1.54, 1.807) is 19.2 Å². The van der Waals surface area contributed by atoms with Gasteiger partial charge in [-0.1, -0.05) is 0 Å². The van der Waals surface area contributed by atoms with Gasteiger partial charge in [0.25, 0.3) is 0 Å². The number of aromatic nitrogens is 2. The van der Waals surface area contributed by atoms with E-state index in [2.05, 4.69) is 22.3 Å². The quantitative estimate of drug-likeness (QED) is 0.397. The maximum absolute atomic E-state index is 12.9. The predicted octanol–water partition coefficient (Wildman–Crippen LogP) is 2.88. The Morgan fingerprint density at radius 3 is 2.50 bits per heavy atom. The van der Waals surface area contributed by atoms with Crippen molar-refractivity contribution in [3.8, 4) is 5.75 Å². The fourth-order valence-electron chi connectivity index (χ4n) is 2.56. The van der Waals surface area contributed by atoms with Crippen LogP contribution in [-0.2, 0) is 13.6 Å². The summed E-state index contributed by atoms with van der Waals surface area (Å²) >= 11 is 0. The number of aryl methyl sites for hydroxylation is 2. The number of aliphatic imine (C=N–C) groups is 1. The molecule has 144 valence electrons. The number of nitrogens with one attached hydrogen (secondary N) is 1. The lowest BCUT2D eigenvalue weighted by Gasteiger charge is -2.22. The Kier molecular flexibility index (Phi) is 8.83. The van der Waals surface area contributed by atoms with Crippen LogP contribution in [0.4, 0.5) is 4.39 Å². The van der Waals surface area contributed by atoms with Gasteiger partial charge >= 0.3 is 0 Å². The zero-order chi connectivity index (χ0) is 18.4. The van der Waals surface area contributed by atoms with Crippen LogP contribution in [0.5, 0.6) is 5.75 Å². The lowest BCUT2D eigenvalue weighted by Crippen LogP contribution is -2.40. The number of ether oxygens (including phenoxy) is 1. The summed E-state index contributed by atoms with van der Waals surface area (Å²) in [4.78, 5) is 6.30. The van der Waals surface area contributed by atoms with Crippen molar-refractivity contribution in [2.24, 2.45) is 12.0 Å². The highest BCUT2D eigenvalue weighted by molar-refractivity contribution is 14.0. The monoisotopic (exact) mass is 475 g/mol. The van der Waals surface area contributed by atoms with Crippen LogP contribution >= 0.6 is 24.0 Å². The van der Waals surface area contributed by atoms with E-state index in [9.17, 15) is 4.39 Å². The summed E-state index contributed by atoms with van der Waals surface area (Å²) in [5.74, 6) is 1.17. The first-order valence-electron chi connectivity index (χ1n) is 8.21. The molecule has 0 saturated carbocycles. The molecule has 0 fully saturated rings. The van der Waals surface area contributed by atoms with E-state index in [4.69, 9.17) is 4.74 Å². The number of likely N-dealkylation sites (N-methyl/N-ethyl adjacent to an activating group) is 1. The molecule has 0 amide bonds. The first kappa shape index (κ1) is 22.2. The van der Waals surface area contributed by atoms with E-state index >= 15 is 0 Å². The summed E-state index contributed by atoms with van der Waals surface area (Å²) in [7, 11) is 5.65. The molecule has 0 aliphatic heterocycles. The first-order chi connectivity index (χ1) is 11.9. The lowest BCUT2D eigenvalue weighted by molar-refractivity contribution is 0.281.